The van der Waals surface area contributed by atoms with E-state index in [2.05, 4.69) is 46.1 Å². The minimum absolute atomic E-state index is 0.386. The molecule has 2 atom stereocenters. The van der Waals surface area contributed by atoms with Crippen LogP contribution in [0.2, 0.25) is 0 Å². The number of nitrogens with one attached hydrogen (secondary N) is 1. The van der Waals surface area contributed by atoms with Crippen LogP contribution in [0.3, 0.4) is 0 Å². The molecule has 5 heteroatoms. The van der Waals surface area contributed by atoms with Gasteiger partial charge in [0.05, 0.1) is 17.6 Å². The van der Waals surface area contributed by atoms with Crippen LogP contribution in [0.5, 0.6) is 0 Å². The summed E-state index contributed by atoms with van der Waals surface area (Å²) in [5, 5.41) is 4.40. The first-order valence-electron chi connectivity index (χ1n) is 8.83. The molecule has 0 bridgehead atoms. The minimum atomic E-state index is 0.386. The molecule has 0 spiro atoms. The molecule has 1 aromatic carbocycles. The highest BCUT2D eigenvalue weighted by Crippen LogP contribution is 2.32. The highest BCUT2D eigenvalue weighted by molar-refractivity contribution is 7.10. The Morgan fingerprint density at radius 1 is 1.04 bits per heavy atom. The van der Waals surface area contributed by atoms with Gasteiger partial charge in [0.1, 0.15) is 6.04 Å². The lowest BCUT2D eigenvalue weighted by molar-refractivity contribution is -0.942. The van der Waals surface area contributed by atoms with E-state index in [1.165, 1.54) is 20.2 Å². The van der Waals surface area contributed by atoms with Gasteiger partial charge in [-0.3, -0.25) is 0 Å². The van der Waals surface area contributed by atoms with Gasteiger partial charge in [0, 0.05) is 22.4 Å². The first kappa shape index (κ1) is 16.0. The lowest BCUT2D eigenvalue weighted by atomic mass is 9.98. The first-order valence-corrected chi connectivity index (χ1v) is 10.6. The molecule has 1 aliphatic rings. The topological polar surface area (TPSA) is 30.5 Å². The van der Waals surface area contributed by atoms with Crippen LogP contribution >= 0.6 is 22.7 Å². The molecule has 0 radical (unpaired) electrons. The maximum Gasteiger partial charge on any atom is 0.250 e. The van der Waals surface area contributed by atoms with Gasteiger partial charge in [-0.15, -0.1) is 22.7 Å². The van der Waals surface area contributed by atoms with Crippen molar-refractivity contribution in [1.29, 1.82) is 0 Å². The summed E-state index contributed by atoms with van der Waals surface area (Å²) in [7, 11) is 0. The third-order valence-electron chi connectivity index (χ3n) is 4.99. The molecule has 0 saturated heterocycles. The molecule has 0 aliphatic carbocycles. The van der Waals surface area contributed by atoms with Gasteiger partial charge in [-0.05, 0) is 22.9 Å². The summed E-state index contributed by atoms with van der Waals surface area (Å²) in [6.07, 6.45) is 2.99. The zero-order valence-corrected chi connectivity index (χ0v) is 15.9. The summed E-state index contributed by atoms with van der Waals surface area (Å²) in [5.74, 6) is 1.67. The number of hydrogen-bond acceptors (Lipinski definition) is 4. The standard InChI is InChI=1S/C21H18N2OS2/c1-2-5-15(6-3-1)17-13-22-20(24-17)14-23-10-8-18-16(9-12-26-18)21(23)19-7-4-11-25-19/h1-7,9,11-13,21H,8,10,14H2/p+1/t21-/m0/s1. The molecule has 5 rings (SSSR count). The Kier molecular flexibility index (Phi) is 4.21. The Morgan fingerprint density at radius 2 is 1.96 bits per heavy atom. The van der Waals surface area contributed by atoms with Crippen molar-refractivity contribution in [3.8, 4) is 11.3 Å². The highest BCUT2D eigenvalue weighted by atomic mass is 32.1. The molecule has 1 unspecified atom stereocenters. The number of oxazole rings is 1. The second kappa shape index (κ2) is 6.83. The molecule has 1 N–H and O–H groups in total. The van der Waals surface area contributed by atoms with Crippen LogP contribution in [-0.4, -0.2) is 11.5 Å². The van der Waals surface area contributed by atoms with Crippen LogP contribution in [0.15, 0.2) is 69.9 Å². The van der Waals surface area contributed by atoms with Gasteiger partial charge in [-0.25, -0.2) is 4.98 Å². The summed E-state index contributed by atoms with van der Waals surface area (Å²) in [6.45, 7) is 1.92. The molecule has 130 valence electrons. The third-order valence-corrected chi connectivity index (χ3v) is 6.92. The number of benzene rings is 1. The number of rotatable bonds is 4. The number of aromatic nitrogens is 1. The fourth-order valence-electron chi connectivity index (χ4n) is 3.77. The van der Waals surface area contributed by atoms with Crippen molar-refractivity contribution in [2.24, 2.45) is 0 Å². The maximum absolute atomic E-state index is 6.08. The molecule has 26 heavy (non-hydrogen) atoms. The summed E-state index contributed by atoms with van der Waals surface area (Å²) in [6, 6.07) is 17.3. The summed E-state index contributed by atoms with van der Waals surface area (Å²) >= 11 is 3.73. The van der Waals surface area contributed by atoms with Gasteiger partial charge < -0.3 is 9.32 Å². The van der Waals surface area contributed by atoms with E-state index in [9.17, 15) is 0 Å². The van der Waals surface area contributed by atoms with Gasteiger partial charge in [-0.2, -0.15) is 0 Å². The quantitative estimate of drug-likeness (QED) is 0.576. The van der Waals surface area contributed by atoms with E-state index in [1.807, 2.05) is 47.1 Å². The summed E-state index contributed by atoms with van der Waals surface area (Å²) < 4.78 is 6.08. The van der Waals surface area contributed by atoms with E-state index in [0.29, 0.717) is 6.04 Å². The van der Waals surface area contributed by atoms with Crippen molar-refractivity contribution < 1.29 is 9.32 Å². The predicted molar refractivity (Wildman–Crippen MR) is 106 cm³/mol. The normalized spacial score (nSPS) is 19.4. The molecular formula is C21H19N2OS2+. The molecule has 1 aliphatic heterocycles. The first-order chi connectivity index (χ1) is 12.9. The average Bonchev–Trinajstić information content (AvgIpc) is 3.44. The van der Waals surface area contributed by atoms with Crippen molar-refractivity contribution in [2.45, 2.75) is 19.0 Å². The van der Waals surface area contributed by atoms with E-state index in [0.717, 1.165) is 36.7 Å². The summed E-state index contributed by atoms with van der Waals surface area (Å²) in [4.78, 5) is 9.04. The average molecular weight is 380 g/mol. The minimum Gasteiger partial charge on any atom is -0.435 e. The van der Waals surface area contributed by atoms with E-state index in [4.69, 9.17) is 4.42 Å². The van der Waals surface area contributed by atoms with Gasteiger partial charge >= 0.3 is 0 Å². The number of thiophene rings is 2. The lowest BCUT2D eigenvalue weighted by Crippen LogP contribution is -3.12. The van der Waals surface area contributed by atoms with Crippen LogP contribution < -0.4 is 4.90 Å². The second-order valence-corrected chi connectivity index (χ2v) is 8.55. The van der Waals surface area contributed by atoms with Crippen LogP contribution in [0, 0.1) is 0 Å². The Bertz CT molecular complexity index is 988. The monoisotopic (exact) mass is 379 g/mol. The Balaban J connectivity index is 1.44. The molecule has 0 amide bonds. The highest BCUT2D eigenvalue weighted by Gasteiger charge is 2.34. The molecule has 3 aromatic heterocycles. The van der Waals surface area contributed by atoms with Crippen LogP contribution in [0.4, 0.5) is 0 Å². The molecule has 4 aromatic rings. The van der Waals surface area contributed by atoms with Crippen molar-refractivity contribution >= 4 is 22.7 Å². The fourth-order valence-corrected chi connectivity index (χ4v) is 5.59. The Hall–Kier alpha value is -2.21. The van der Waals surface area contributed by atoms with Crippen molar-refractivity contribution in [3.63, 3.8) is 0 Å². The molecule has 3 nitrogen and oxygen atoms in total. The van der Waals surface area contributed by atoms with Gasteiger partial charge in [0.2, 0.25) is 0 Å². The molecule has 4 heterocycles. The van der Waals surface area contributed by atoms with Gasteiger partial charge in [0.25, 0.3) is 5.89 Å². The van der Waals surface area contributed by atoms with Crippen LogP contribution in [0.25, 0.3) is 11.3 Å². The number of quaternary nitrogens is 1. The van der Waals surface area contributed by atoms with E-state index < -0.39 is 0 Å². The fraction of sp³-hybridized carbons (Fsp3) is 0.190. The van der Waals surface area contributed by atoms with E-state index >= 15 is 0 Å². The van der Waals surface area contributed by atoms with Gasteiger partial charge in [-0.1, -0.05) is 36.4 Å². The zero-order chi connectivity index (χ0) is 17.3. The number of fused-ring (bicyclic) bond motifs is 1. The van der Waals surface area contributed by atoms with Crippen molar-refractivity contribution in [1.82, 2.24) is 4.98 Å². The Labute approximate surface area is 160 Å². The van der Waals surface area contributed by atoms with Gasteiger partial charge in [0.15, 0.2) is 12.3 Å². The smallest absolute Gasteiger partial charge is 0.250 e. The van der Waals surface area contributed by atoms with Crippen LogP contribution in [0.1, 0.15) is 27.3 Å². The van der Waals surface area contributed by atoms with E-state index in [1.54, 1.807) is 0 Å². The van der Waals surface area contributed by atoms with Crippen LogP contribution in [-0.2, 0) is 13.0 Å². The maximum atomic E-state index is 6.08. The Morgan fingerprint density at radius 3 is 2.81 bits per heavy atom. The lowest BCUT2D eigenvalue weighted by Gasteiger charge is -2.31. The second-order valence-electron chi connectivity index (χ2n) is 6.57. The largest absolute Gasteiger partial charge is 0.435 e. The molecule has 0 saturated carbocycles. The number of hydrogen-bond donors (Lipinski definition) is 1. The molecular weight excluding hydrogens is 360 g/mol. The van der Waals surface area contributed by atoms with E-state index in [-0.39, 0.29) is 0 Å². The third kappa shape index (κ3) is 2.92. The SMILES string of the molecule is c1ccc(-c2cnc(C[NH+]3CCc4sccc4[C@H]3c3cccs3)o2)cc1. The summed E-state index contributed by atoms with van der Waals surface area (Å²) in [5.41, 5.74) is 2.56. The number of nitrogens with zero attached hydrogens (tertiary/aromatic N) is 1. The molecule has 0 fully saturated rings. The van der Waals surface area contributed by atoms with Crippen molar-refractivity contribution in [3.05, 3.63) is 86.7 Å². The predicted octanol–water partition coefficient (Wildman–Crippen LogP) is 4.20. The zero-order valence-electron chi connectivity index (χ0n) is 14.2. The van der Waals surface area contributed by atoms with Crippen molar-refractivity contribution in [2.75, 3.05) is 6.54 Å².